The van der Waals surface area contributed by atoms with Gasteiger partial charge in [0.2, 0.25) is 5.91 Å². The van der Waals surface area contributed by atoms with Crippen molar-refractivity contribution in [3.8, 4) is 11.3 Å². The van der Waals surface area contributed by atoms with Crippen molar-refractivity contribution in [1.82, 2.24) is 9.38 Å². The highest BCUT2D eigenvalue weighted by Crippen LogP contribution is 2.23. The molecule has 2 aromatic carbocycles. The molecule has 0 unspecified atom stereocenters. The van der Waals surface area contributed by atoms with Crippen LogP contribution >= 0.6 is 11.3 Å². The first-order chi connectivity index (χ1) is 11.8. The zero-order chi connectivity index (χ0) is 16.4. The van der Waals surface area contributed by atoms with E-state index in [1.165, 1.54) is 0 Å². The summed E-state index contributed by atoms with van der Waals surface area (Å²) in [6.45, 7) is 0. The molecule has 1 N–H and O–H groups in total. The number of nitrogens with one attached hydrogen (secondary N) is 1. The average molecular weight is 333 g/mol. The molecule has 0 atom stereocenters. The van der Waals surface area contributed by atoms with Crippen LogP contribution in [0.25, 0.3) is 16.2 Å². The van der Waals surface area contributed by atoms with Crippen molar-refractivity contribution >= 4 is 27.9 Å². The van der Waals surface area contributed by atoms with Gasteiger partial charge in [-0.2, -0.15) is 0 Å². The number of benzene rings is 2. The van der Waals surface area contributed by atoms with Crippen LogP contribution in [0.4, 0.5) is 5.69 Å². The summed E-state index contributed by atoms with van der Waals surface area (Å²) >= 11 is 1.61. The second-order valence-electron chi connectivity index (χ2n) is 5.51. The zero-order valence-electron chi connectivity index (χ0n) is 12.8. The lowest BCUT2D eigenvalue weighted by atomic mass is 10.1. The van der Waals surface area contributed by atoms with Gasteiger partial charge in [0.15, 0.2) is 4.96 Å². The van der Waals surface area contributed by atoms with Gasteiger partial charge in [0.05, 0.1) is 12.1 Å². The number of aromatic nitrogens is 2. The molecule has 2 aromatic heterocycles. The van der Waals surface area contributed by atoms with Crippen LogP contribution in [0.1, 0.15) is 5.56 Å². The minimum absolute atomic E-state index is 0.0172. The fourth-order valence-electron chi connectivity index (χ4n) is 2.58. The molecule has 0 saturated heterocycles. The summed E-state index contributed by atoms with van der Waals surface area (Å²) in [4.78, 5) is 17.7. The molecule has 0 saturated carbocycles. The van der Waals surface area contributed by atoms with Crippen LogP contribution in [0, 0.1) is 0 Å². The molecule has 0 aliphatic carbocycles. The highest BCUT2D eigenvalue weighted by Gasteiger charge is 2.07. The molecule has 0 fully saturated rings. The predicted octanol–water partition coefficient (Wildman–Crippen LogP) is 4.24. The highest BCUT2D eigenvalue weighted by molar-refractivity contribution is 7.15. The van der Waals surface area contributed by atoms with E-state index < -0.39 is 0 Å². The van der Waals surface area contributed by atoms with Crippen molar-refractivity contribution in [2.45, 2.75) is 6.42 Å². The number of fused-ring (bicyclic) bond motifs is 1. The molecule has 0 aliphatic heterocycles. The maximum atomic E-state index is 12.1. The molecule has 0 spiro atoms. The summed E-state index contributed by atoms with van der Waals surface area (Å²) in [5.41, 5.74) is 3.77. The van der Waals surface area contributed by atoms with Crippen LogP contribution in [-0.2, 0) is 11.2 Å². The molecule has 1 amide bonds. The number of rotatable bonds is 4. The molecule has 24 heavy (non-hydrogen) atoms. The first kappa shape index (κ1) is 14.7. The van der Waals surface area contributed by atoms with Gasteiger partial charge in [-0.3, -0.25) is 9.20 Å². The minimum atomic E-state index is -0.0172. The maximum absolute atomic E-state index is 12.1. The number of nitrogens with zero attached hydrogens (tertiary/aromatic N) is 2. The monoisotopic (exact) mass is 333 g/mol. The van der Waals surface area contributed by atoms with Gasteiger partial charge in [0.1, 0.15) is 0 Å². The highest BCUT2D eigenvalue weighted by atomic mass is 32.1. The summed E-state index contributed by atoms with van der Waals surface area (Å²) in [6.07, 6.45) is 4.38. The number of hydrogen-bond acceptors (Lipinski definition) is 3. The van der Waals surface area contributed by atoms with Gasteiger partial charge in [-0.25, -0.2) is 4.98 Å². The third-order valence-corrected chi connectivity index (χ3v) is 4.54. The molecular formula is C19H15N3OS. The second kappa shape index (κ2) is 6.29. The van der Waals surface area contributed by atoms with E-state index in [0.717, 1.165) is 27.5 Å². The summed E-state index contributed by atoms with van der Waals surface area (Å²) < 4.78 is 2.01. The number of thiazole rings is 1. The third kappa shape index (κ3) is 3.07. The maximum Gasteiger partial charge on any atom is 0.228 e. The number of anilines is 1. The molecule has 2 heterocycles. The molecule has 0 bridgehead atoms. The molecule has 4 aromatic rings. The Hall–Kier alpha value is -2.92. The van der Waals surface area contributed by atoms with Gasteiger partial charge >= 0.3 is 0 Å². The van der Waals surface area contributed by atoms with Gasteiger partial charge in [-0.05, 0) is 17.7 Å². The second-order valence-corrected chi connectivity index (χ2v) is 6.38. The van der Waals surface area contributed by atoms with Crippen LogP contribution in [0.2, 0.25) is 0 Å². The third-order valence-electron chi connectivity index (χ3n) is 3.77. The number of carbonyl (C=O) groups is 1. The van der Waals surface area contributed by atoms with E-state index in [4.69, 9.17) is 0 Å². The van der Waals surface area contributed by atoms with Gasteiger partial charge in [-0.15, -0.1) is 11.3 Å². The Kier molecular flexibility index (Phi) is 3.84. The van der Waals surface area contributed by atoms with E-state index in [1.54, 1.807) is 11.3 Å². The topological polar surface area (TPSA) is 46.4 Å². The number of hydrogen-bond donors (Lipinski definition) is 1. The van der Waals surface area contributed by atoms with Crippen molar-refractivity contribution < 1.29 is 4.79 Å². The van der Waals surface area contributed by atoms with Crippen LogP contribution in [-0.4, -0.2) is 15.3 Å². The molecule has 4 nitrogen and oxygen atoms in total. The average Bonchev–Trinajstić information content (AvgIpc) is 3.18. The summed E-state index contributed by atoms with van der Waals surface area (Å²) in [5, 5.41) is 4.94. The summed E-state index contributed by atoms with van der Waals surface area (Å²) in [7, 11) is 0. The lowest BCUT2D eigenvalue weighted by Crippen LogP contribution is -2.14. The minimum Gasteiger partial charge on any atom is -0.326 e. The van der Waals surface area contributed by atoms with Crippen molar-refractivity contribution in [3.05, 3.63) is 77.9 Å². The lowest BCUT2D eigenvalue weighted by molar-refractivity contribution is -0.115. The Morgan fingerprint density at radius 3 is 2.62 bits per heavy atom. The van der Waals surface area contributed by atoms with E-state index in [9.17, 15) is 4.79 Å². The van der Waals surface area contributed by atoms with Gasteiger partial charge in [0, 0.05) is 29.0 Å². The van der Waals surface area contributed by atoms with Crippen molar-refractivity contribution in [2.24, 2.45) is 0 Å². The molecule has 4 rings (SSSR count). The largest absolute Gasteiger partial charge is 0.326 e. The first-order valence-electron chi connectivity index (χ1n) is 7.64. The van der Waals surface area contributed by atoms with Crippen LogP contribution < -0.4 is 5.32 Å². The van der Waals surface area contributed by atoms with Crippen molar-refractivity contribution in [3.63, 3.8) is 0 Å². The van der Waals surface area contributed by atoms with E-state index in [0.29, 0.717) is 6.42 Å². The molecule has 0 aliphatic rings. The smallest absolute Gasteiger partial charge is 0.228 e. The van der Waals surface area contributed by atoms with Gasteiger partial charge in [-0.1, -0.05) is 42.5 Å². The zero-order valence-corrected chi connectivity index (χ0v) is 13.7. The van der Waals surface area contributed by atoms with Crippen molar-refractivity contribution in [2.75, 3.05) is 5.32 Å². The lowest BCUT2D eigenvalue weighted by Gasteiger charge is -2.06. The summed E-state index contributed by atoms with van der Waals surface area (Å²) in [5.74, 6) is -0.0172. The van der Waals surface area contributed by atoms with E-state index in [2.05, 4.69) is 10.3 Å². The van der Waals surface area contributed by atoms with Gasteiger partial charge < -0.3 is 5.32 Å². The van der Waals surface area contributed by atoms with Crippen LogP contribution in [0.3, 0.4) is 0 Å². The van der Waals surface area contributed by atoms with Crippen molar-refractivity contribution in [1.29, 1.82) is 0 Å². The predicted molar refractivity (Wildman–Crippen MR) is 97.3 cm³/mol. The van der Waals surface area contributed by atoms with Crippen LogP contribution in [0.15, 0.2) is 72.4 Å². The fraction of sp³-hybridized carbons (Fsp3) is 0.0526. The SMILES string of the molecule is O=C(Cc1ccccc1)Nc1ccc(-c2cn3ccsc3n2)cc1. The molecular weight excluding hydrogens is 318 g/mol. The van der Waals surface area contributed by atoms with E-state index in [1.807, 2.05) is 76.8 Å². The molecule has 5 heteroatoms. The normalized spacial score (nSPS) is 10.8. The van der Waals surface area contributed by atoms with Gasteiger partial charge in [0.25, 0.3) is 0 Å². The number of amides is 1. The first-order valence-corrected chi connectivity index (χ1v) is 8.52. The number of carbonyl (C=O) groups excluding carboxylic acids is 1. The quantitative estimate of drug-likeness (QED) is 0.607. The Balaban J connectivity index is 1.45. The van der Waals surface area contributed by atoms with Crippen LogP contribution in [0.5, 0.6) is 0 Å². The number of imidazole rings is 1. The summed E-state index contributed by atoms with van der Waals surface area (Å²) in [6, 6.07) is 17.5. The molecule has 118 valence electrons. The van der Waals surface area contributed by atoms with E-state index in [-0.39, 0.29) is 5.91 Å². The standard InChI is InChI=1S/C19H15N3OS/c23-18(12-14-4-2-1-3-5-14)20-16-8-6-15(7-9-16)17-13-22-10-11-24-19(22)21-17/h1-11,13H,12H2,(H,20,23). The Labute approximate surface area is 143 Å². The van der Waals surface area contributed by atoms with E-state index >= 15 is 0 Å². The fourth-order valence-corrected chi connectivity index (χ4v) is 3.28. The Morgan fingerprint density at radius 2 is 1.88 bits per heavy atom. The Morgan fingerprint density at radius 1 is 1.08 bits per heavy atom. The Bertz CT molecular complexity index is 942. The molecule has 0 radical (unpaired) electrons.